The van der Waals surface area contributed by atoms with Gasteiger partial charge in [-0.15, -0.1) is 0 Å². The number of nitrogens with one attached hydrogen (secondary N) is 1. The molecule has 0 aliphatic heterocycles. The average Bonchev–Trinajstić information content (AvgIpc) is 2.26. The predicted octanol–water partition coefficient (Wildman–Crippen LogP) is 5.00. The topological polar surface area (TPSA) is 46.2 Å². The minimum absolute atomic E-state index is 0.0635. The van der Waals surface area contributed by atoms with Gasteiger partial charge in [0.1, 0.15) is 4.90 Å². The second kappa shape index (κ2) is 7.99. The van der Waals surface area contributed by atoms with Gasteiger partial charge in [-0.05, 0) is 25.5 Å². The van der Waals surface area contributed by atoms with Gasteiger partial charge in [0.2, 0.25) is 10.0 Å². The van der Waals surface area contributed by atoms with E-state index in [1.807, 2.05) is 6.92 Å². The highest BCUT2D eigenvalue weighted by Gasteiger charge is 2.24. The maximum Gasteiger partial charge on any atom is 0.243 e. The van der Waals surface area contributed by atoms with E-state index >= 15 is 0 Å². The molecule has 114 valence electrons. The molecule has 0 bridgehead atoms. The van der Waals surface area contributed by atoms with Crippen LogP contribution in [0.5, 0.6) is 0 Å². The molecule has 0 aliphatic carbocycles. The van der Waals surface area contributed by atoms with Crippen LogP contribution in [0.4, 0.5) is 0 Å². The molecule has 1 rings (SSSR count). The summed E-state index contributed by atoms with van der Waals surface area (Å²) in [4.78, 5) is -0.0635. The van der Waals surface area contributed by atoms with Gasteiger partial charge in [-0.3, -0.25) is 0 Å². The fraction of sp³-hybridized carbons (Fsp3) is 0.538. The molecule has 0 saturated heterocycles. The lowest BCUT2D eigenvalue weighted by molar-refractivity contribution is 0.527. The lowest BCUT2D eigenvalue weighted by Crippen LogP contribution is -2.32. The highest BCUT2D eigenvalue weighted by Crippen LogP contribution is 2.32. The molecular weight excluding hydrogens is 385 g/mol. The summed E-state index contributed by atoms with van der Waals surface area (Å²) in [6.07, 6.45) is 3.97. The van der Waals surface area contributed by atoms with Crippen molar-refractivity contribution in [1.82, 2.24) is 4.72 Å². The van der Waals surface area contributed by atoms with Crippen molar-refractivity contribution < 1.29 is 8.42 Å². The van der Waals surface area contributed by atoms with E-state index in [4.69, 9.17) is 23.2 Å². The zero-order chi connectivity index (χ0) is 15.3. The van der Waals surface area contributed by atoms with E-state index in [9.17, 15) is 8.42 Å². The van der Waals surface area contributed by atoms with Gasteiger partial charge in [0.25, 0.3) is 0 Å². The van der Waals surface area contributed by atoms with E-state index < -0.39 is 10.0 Å². The lowest BCUT2D eigenvalue weighted by Gasteiger charge is -2.16. The fourth-order valence-electron chi connectivity index (χ4n) is 1.87. The van der Waals surface area contributed by atoms with Crippen LogP contribution >= 0.6 is 39.1 Å². The quantitative estimate of drug-likeness (QED) is 0.652. The first kappa shape index (κ1) is 18.2. The second-order valence-corrected chi connectivity index (χ2v) is 8.10. The first-order valence-corrected chi connectivity index (χ1v) is 9.48. The molecule has 0 saturated carbocycles. The third-order valence-corrected chi connectivity index (χ3v) is 5.80. The highest BCUT2D eigenvalue weighted by atomic mass is 79.9. The van der Waals surface area contributed by atoms with Crippen molar-refractivity contribution in [2.45, 2.75) is 50.5 Å². The molecule has 0 aromatic heterocycles. The lowest BCUT2D eigenvalue weighted by atomic mass is 10.1. The van der Waals surface area contributed by atoms with Gasteiger partial charge < -0.3 is 0 Å². The van der Waals surface area contributed by atoms with E-state index in [2.05, 4.69) is 27.6 Å². The molecule has 20 heavy (non-hydrogen) atoms. The Morgan fingerprint density at radius 2 is 1.80 bits per heavy atom. The minimum Gasteiger partial charge on any atom is -0.208 e. The van der Waals surface area contributed by atoms with E-state index in [0.29, 0.717) is 4.47 Å². The van der Waals surface area contributed by atoms with Crippen LogP contribution in [-0.2, 0) is 10.0 Å². The molecule has 1 aromatic rings. The second-order valence-electron chi connectivity index (χ2n) is 4.72. The van der Waals surface area contributed by atoms with Crippen LogP contribution in [0.1, 0.15) is 39.5 Å². The summed E-state index contributed by atoms with van der Waals surface area (Å²) < 4.78 is 27.9. The summed E-state index contributed by atoms with van der Waals surface area (Å²) in [5, 5.41) is 0.218. The Balaban J connectivity index is 2.89. The van der Waals surface area contributed by atoms with Crippen LogP contribution in [0.15, 0.2) is 21.5 Å². The normalized spacial score (nSPS) is 13.4. The fourth-order valence-corrected chi connectivity index (χ4v) is 5.08. The Morgan fingerprint density at radius 1 is 1.25 bits per heavy atom. The van der Waals surface area contributed by atoms with Crippen molar-refractivity contribution in [2.24, 2.45) is 0 Å². The molecule has 3 nitrogen and oxygen atoms in total. The Labute approximate surface area is 139 Å². The van der Waals surface area contributed by atoms with Crippen molar-refractivity contribution in [2.75, 3.05) is 0 Å². The van der Waals surface area contributed by atoms with Gasteiger partial charge in [0, 0.05) is 10.5 Å². The summed E-state index contributed by atoms with van der Waals surface area (Å²) in [6.45, 7) is 3.95. The van der Waals surface area contributed by atoms with Crippen molar-refractivity contribution in [3.8, 4) is 0 Å². The number of rotatable bonds is 7. The van der Waals surface area contributed by atoms with Gasteiger partial charge >= 0.3 is 0 Å². The third kappa shape index (κ3) is 5.19. The number of hydrogen-bond acceptors (Lipinski definition) is 2. The van der Waals surface area contributed by atoms with Crippen LogP contribution in [-0.4, -0.2) is 14.5 Å². The van der Waals surface area contributed by atoms with E-state index in [1.165, 1.54) is 12.1 Å². The summed E-state index contributed by atoms with van der Waals surface area (Å²) in [5.74, 6) is 0. The third-order valence-electron chi connectivity index (χ3n) is 2.83. The molecule has 0 aliphatic rings. The maximum atomic E-state index is 12.3. The molecule has 1 atom stereocenters. The molecule has 0 spiro atoms. The number of sulfonamides is 1. The number of benzene rings is 1. The zero-order valence-corrected chi connectivity index (χ0v) is 15.3. The van der Waals surface area contributed by atoms with Crippen LogP contribution < -0.4 is 4.72 Å². The van der Waals surface area contributed by atoms with Gasteiger partial charge in [-0.2, -0.15) is 0 Å². The van der Waals surface area contributed by atoms with Gasteiger partial charge in [0.15, 0.2) is 0 Å². The summed E-state index contributed by atoms with van der Waals surface area (Å²) >= 11 is 15.2. The summed E-state index contributed by atoms with van der Waals surface area (Å²) in [5.41, 5.74) is 0. The molecule has 7 heteroatoms. The average molecular weight is 403 g/mol. The molecule has 1 unspecified atom stereocenters. The van der Waals surface area contributed by atoms with Crippen molar-refractivity contribution in [3.05, 3.63) is 26.7 Å². The summed E-state index contributed by atoms with van der Waals surface area (Å²) in [7, 11) is -3.71. The minimum atomic E-state index is -3.71. The molecule has 0 fully saturated rings. The molecule has 0 heterocycles. The summed E-state index contributed by atoms with van der Waals surface area (Å²) in [6, 6.07) is 2.88. The Bertz CT molecular complexity index is 540. The SMILES string of the molecule is CCCCCC(C)NS(=O)(=O)c1c(Cl)cc(Br)cc1Cl. The smallest absolute Gasteiger partial charge is 0.208 e. The monoisotopic (exact) mass is 401 g/mol. The van der Waals surface area contributed by atoms with Crippen LogP contribution in [0, 0.1) is 0 Å². The van der Waals surface area contributed by atoms with Crippen molar-refractivity contribution in [3.63, 3.8) is 0 Å². The van der Waals surface area contributed by atoms with E-state index in [-0.39, 0.29) is 21.0 Å². The van der Waals surface area contributed by atoms with Crippen molar-refractivity contribution >= 4 is 49.2 Å². The maximum absolute atomic E-state index is 12.3. The zero-order valence-electron chi connectivity index (χ0n) is 11.4. The predicted molar refractivity (Wildman–Crippen MR) is 88.1 cm³/mol. The molecule has 1 N–H and O–H groups in total. The first-order valence-electron chi connectivity index (χ1n) is 6.44. The van der Waals surface area contributed by atoms with Gasteiger partial charge in [-0.1, -0.05) is 65.3 Å². The molecule has 0 radical (unpaired) electrons. The van der Waals surface area contributed by atoms with Gasteiger partial charge in [0.05, 0.1) is 10.0 Å². The van der Waals surface area contributed by atoms with E-state index in [0.717, 1.165) is 25.7 Å². The Hall–Kier alpha value is 0.190. The standard InChI is InChI=1S/C13H18BrCl2NO2S/c1-3-4-5-6-9(2)17-20(18,19)13-11(15)7-10(14)8-12(13)16/h7-9,17H,3-6H2,1-2H3. The molecule has 1 aromatic carbocycles. The largest absolute Gasteiger partial charge is 0.243 e. The van der Waals surface area contributed by atoms with Crippen LogP contribution in [0.3, 0.4) is 0 Å². The van der Waals surface area contributed by atoms with E-state index in [1.54, 1.807) is 0 Å². The first-order chi connectivity index (χ1) is 9.27. The molecule has 0 amide bonds. The van der Waals surface area contributed by atoms with Crippen LogP contribution in [0.2, 0.25) is 10.0 Å². The number of halogens is 3. The van der Waals surface area contributed by atoms with Gasteiger partial charge in [-0.25, -0.2) is 13.1 Å². The number of hydrogen-bond donors (Lipinski definition) is 1. The van der Waals surface area contributed by atoms with Crippen LogP contribution in [0.25, 0.3) is 0 Å². The molecular formula is C13H18BrCl2NO2S. The highest BCUT2D eigenvalue weighted by molar-refractivity contribution is 9.10. The van der Waals surface area contributed by atoms with Crippen molar-refractivity contribution in [1.29, 1.82) is 0 Å². The number of unbranched alkanes of at least 4 members (excludes halogenated alkanes) is 2. The Morgan fingerprint density at radius 3 is 2.30 bits per heavy atom. The Kier molecular flexibility index (Phi) is 7.29.